The van der Waals surface area contributed by atoms with Crippen LogP contribution in [0.5, 0.6) is 5.75 Å². The second-order valence-electron chi connectivity index (χ2n) is 17.5. The molecule has 0 bridgehead atoms. The molecule has 23 heteroatoms. The van der Waals surface area contributed by atoms with Crippen molar-refractivity contribution in [3.63, 3.8) is 0 Å². The quantitative estimate of drug-likeness (QED) is 0.0428. The average molecular weight is 981 g/mol. The summed E-state index contributed by atoms with van der Waals surface area (Å²) in [5.74, 6) is -10.3. The van der Waals surface area contributed by atoms with Crippen molar-refractivity contribution in [1.29, 1.82) is 0 Å². The molecule has 0 spiro atoms. The summed E-state index contributed by atoms with van der Waals surface area (Å²) in [5.41, 5.74) is 17.6. The highest BCUT2D eigenvalue weighted by molar-refractivity contribution is 5.99. The molecule has 3 rings (SSSR count). The monoisotopic (exact) mass is 980 g/mol. The third-order valence-electron chi connectivity index (χ3n) is 12.2. The van der Waals surface area contributed by atoms with Gasteiger partial charge in [0.25, 0.3) is 0 Å². The lowest BCUT2D eigenvalue weighted by atomic mass is 9.95. The maximum Gasteiger partial charge on any atom is 0.326 e. The number of hydrogen-bond donors (Lipinski definition) is 12. The van der Waals surface area contributed by atoms with Gasteiger partial charge >= 0.3 is 5.97 Å². The lowest BCUT2D eigenvalue weighted by Gasteiger charge is -2.31. The van der Waals surface area contributed by atoms with Crippen molar-refractivity contribution in [2.24, 2.45) is 29.0 Å². The number of aromatic hydroxyl groups is 1. The Hall–Kier alpha value is -7.14. The first kappa shape index (κ1) is 57.2. The molecule has 0 radical (unpaired) electrons. The SMILES string of the molecule is CC[C@H](C)[C@H](NC(=O)[C@@H](NC(=O)[C@H](CCC(N)=O)NC(=O)[C@@H]1CCCN1C(=O)[C@H](Cc1ccc(O)cc1)NC(=O)[C@H](CC(N)=O)NC(=O)[C@H](Cc1ccccc1)NC(=O)[C@@H](N)CO)[C@@H](C)CC)C(=O)O. The molecule has 23 nitrogen and oxygen atoms in total. The van der Waals surface area contributed by atoms with E-state index in [4.69, 9.17) is 17.2 Å². The fourth-order valence-corrected chi connectivity index (χ4v) is 7.65. The number of nitrogens with two attached hydrogens (primary N) is 3. The molecule has 2 aromatic carbocycles. The lowest BCUT2D eigenvalue weighted by molar-refractivity contribution is -0.144. The van der Waals surface area contributed by atoms with E-state index in [1.807, 2.05) is 0 Å². The number of hydrogen-bond acceptors (Lipinski definition) is 13. The largest absolute Gasteiger partial charge is 0.508 e. The Morgan fingerprint density at radius 3 is 1.76 bits per heavy atom. The zero-order valence-corrected chi connectivity index (χ0v) is 39.9. The predicted molar refractivity (Wildman–Crippen MR) is 252 cm³/mol. The second kappa shape index (κ2) is 27.8. The molecule has 384 valence electrons. The average Bonchev–Trinajstić information content (AvgIpc) is 3.83. The van der Waals surface area contributed by atoms with Crippen LogP contribution in [0.3, 0.4) is 0 Å². The molecule has 0 aromatic heterocycles. The van der Waals surface area contributed by atoms with Crippen LogP contribution in [0.25, 0.3) is 0 Å². The highest BCUT2D eigenvalue weighted by Crippen LogP contribution is 2.22. The summed E-state index contributed by atoms with van der Waals surface area (Å²) in [5, 5.41) is 44.4. The standard InChI is InChI=1S/C47H68N10O13/c1-5-25(3)38(45(67)56-39(47(69)70)26(4)6-2)55-41(63)31(18-19-36(49)60)51-44(66)35-13-10-20-57(35)46(68)34(22-28-14-16-29(59)17-15-28)54-43(65)33(23-37(50)61)53-42(64)32(52-40(62)30(48)24-58)21-27-11-8-7-9-12-27/h7-9,11-12,14-17,25-26,30-35,38-39,58-59H,5-6,10,13,18-24,48H2,1-4H3,(H2,49,60)(H2,50,61)(H,51,66)(H,52,62)(H,53,64)(H,54,65)(H,55,63)(H,56,67)(H,69,70)/t25-,26-,30-,31-,32-,33-,34-,35-,38-,39-/m0/s1. The number of carbonyl (C=O) groups excluding carboxylic acids is 9. The molecule has 1 fully saturated rings. The molecule has 0 unspecified atom stereocenters. The van der Waals surface area contributed by atoms with Crippen LogP contribution in [0.15, 0.2) is 54.6 Å². The number of carbonyl (C=O) groups is 10. The van der Waals surface area contributed by atoms with Crippen molar-refractivity contribution in [2.75, 3.05) is 13.2 Å². The first-order valence-corrected chi connectivity index (χ1v) is 23.2. The van der Waals surface area contributed by atoms with Crippen molar-refractivity contribution in [2.45, 2.75) is 134 Å². The van der Waals surface area contributed by atoms with Gasteiger partial charge in [-0.1, -0.05) is 83.0 Å². The van der Waals surface area contributed by atoms with Crippen LogP contribution in [0, 0.1) is 11.8 Å². The molecule has 1 heterocycles. The van der Waals surface area contributed by atoms with Crippen molar-refractivity contribution in [1.82, 2.24) is 36.8 Å². The number of rotatable bonds is 28. The highest BCUT2D eigenvalue weighted by Gasteiger charge is 2.41. The van der Waals surface area contributed by atoms with Crippen molar-refractivity contribution < 1.29 is 63.3 Å². The van der Waals surface area contributed by atoms with Crippen LogP contribution in [-0.4, -0.2) is 141 Å². The molecule has 1 aliphatic rings. The Labute approximate surface area is 405 Å². The maximum absolute atomic E-state index is 14.6. The van der Waals surface area contributed by atoms with Gasteiger partial charge in [0.15, 0.2) is 0 Å². The van der Waals surface area contributed by atoms with Crippen molar-refractivity contribution in [3.05, 3.63) is 65.7 Å². The molecule has 70 heavy (non-hydrogen) atoms. The van der Waals surface area contributed by atoms with E-state index in [0.717, 1.165) is 0 Å². The number of nitrogens with one attached hydrogen (secondary N) is 6. The normalized spacial score (nSPS) is 17.1. The summed E-state index contributed by atoms with van der Waals surface area (Å²) >= 11 is 0. The van der Waals surface area contributed by atoms with Crippen molar-refractivity contribution in [3.8, 4) is 5.75 Å². The van der Waals surface area contributed by atoms with Gasteiger partial charge in [0.2, 0.25) is 53.2 Å². The smallest absolute Gasteiger partial charge is 0.326 e. The van der Waals surface area contributed by atoms with Gasteiger partial charge in [-0.15, -0.1) is 0 Å². The topological polar surface area (TPSA) is 385 Å². The fourth-order valence-electron chi connectivity index (χ4n) is 7.65. The molecule has 0 aliphatic carbocycles. The number of amides is 9. The van der Waals surface area contributed by atoms with Gasteiger partial charge in [-0.2, -0.15) is 0 Å². The Morgan fingerprint density at radius 1 is 0.657 bits per heavy atom. The lowest BCUT2D eigenvalue weighted by Crippen LogP contribution is -2.61. The number of carboxylic acids is 1. The molecule has 2 aromatic rings. The number of aliphatic hydroxyl groups excluding tert-OH is 1. The summed E-state index contributed by atoms with van der Waals surface area (Å²) in [4.78, 5) is 134. The molecule has 1 saturated heterocycles. The molecule has 15 N–H and O–H groups in total. The van der Waals surface area contributed by atoms with E-state index in [1.54, 1.807) is 58.0 Å². The first-order chi connectivity index (χ1) is 33.1. The molecular weight excluding hydrogens is 913 g/mol. The Bertz CT molecular complexity index is 2160. The van der Waals surface area contributed by atoms with Gasteiger partial charge in [-0.25, -0.2) is 4.79 Å². The van der Waals surface area contributed by atoms with Crippen LogP contribution in [0.4, 0.5) is 0 Å². The minimum absolute atomic E-state index is 0.00745. The Kier molecular flexibility index (Phi) is 22.7. The van der Waals surface area contributed by atoms with E-state index in [2.05, 4.69) is 31.9 Å². The van der Waals surface area contributed by atoms with Crippen LogP contribution in [0.2, 0.25) is 0 Å². The van der Waals surface area contributed by atoms with Gasteiger partial charge in [0, 0.05) is 25.8 Å². The maximum atomic E-state index is 14.6. The van der Waals surface area contributed by atoms with Crippen LogP contribution < -0.4 is 49.1 Å². The van der Waals surface area contributed by atoms with E-state index < -0.39 is 132 Å². The minimum atomic E-state index is -1.71. The minimum Gasteiger partial charge on any atom is -0.508 e. The number of phenols is 1. The van der Waals surface area contributed by atoms with Gasteiger partial charge in [0.1, 0.15) is 54.1 Å². The third kappa shape index (κ3) is 17.4. The van der Waals surface area contributed by atoms with Crippen LogP contribution in [-0.2, 0) is 60.8 Å². The summed E-state index contributed by atoms with van der Waals surface area (Å²) in [7, 11) is 0. The van der Waals surface area contributed by atoms with E-state index >= 15 is 0 Å². The fraction of sp³-hybridized carbons (Fsp3) is 0.532. The van der Waals surface area contributed by atoms with E-state index in [9.17, 15) is 63.3 Å². The van der Waals surface area contributed by atoms with Gasteiger partial charge in [0.05, 0.1) is 13.0 Å². The molecular formula is C47H68N10O13. The number of phenolic OH excluding ortho intramolecular Hbond substituents is 1. The highest BCUT2D eigenvalue weighted by atomic mass is 16.4. The number of carboxylic acid groups (broad SMARTS) is 1. The Balaban J connectivity index is 1.93. The number of aliphatic carboxylic acids is 1. The number of primary amides is 2. The van der Waals surface area contributed by atoms with E-state index in [0.29, 0.717) is 24.0 Å². The number of likely N-dealkylation sites (tertiary alicyclic amines) is 1. The third-order valence-corrected chi connectivity index (χ3v) is 12.2. The summed E-state index contributed by atoms with van der Waals surface area (Å²) in [6.45, 7) is 6.09. The van der Waals surface area contributed by atoms with E-state index in [-0.39, 0.29) is 50.8 Å². The summed E-state index contributed by atoms with van der Waals surface area (Å²) < 4.78 is 0. The van der Waals surface area contributed by atoms with Crippen LogP contribution in [0.1, 0.15) is 83.8 Å². The molecule has 0 saturated carbocycles. The first-order valence-electron chi connectivity index (χ1n) is 23.2. The van der Waals surface area contributed by atoms with Gasteiger partial charge in [-0.05, 0) is 54.4 Å². The molecule has 10 atom stereocenters. The molecule has 9 amide bonds. The summed E-state index contributed by atoms with van der Waals surface area (Å²) in [6, 6.07) is 2.88. The van der Waals surface area contributed by atoms with Crippen molar-refractivity contribution >= 4 is 59.1 Å². The number of aliphatic hydroxyl groups is 1. The number of benzene rings is 2. The predicted octanol–water partition coefficient (Wildman–Crippen LogP) is -2.29. The summed E-state index contributed by atoms with van der Waals surface area (Å²) in [6.07, 6.45) is -0.617. The zero-order chi connectivity index (χ0) is 52.2. The van der Waals surface area contributed by atoms with Gasteiger partial charge in [-0.3, -0.25) is 43.2 Å². The Morgan fingerprint density at radius 2 is 1.19 bits per heavy atom. The molecule has 1 aliphatic heterocycles. The number of nitrogens with zero attached hydrogens (tertiary/aromatic N) is 1. The van der Waals surface area contributed by atoms with Crippen LogP contribution >= 0.6 is 0 Å². The van der Waals surface area contributed by atoms with Gasteiger partial charge < -0.3 is 69.3 Å². The second-order valence-corrected chi connectivity index (χ2v) is 17.5. The van der Waals surface area contributed by atoms with E-state index in [1.165, 1.54) is 29.2 Å². The zero-order valence-electron chi connectivity index (χ0n) is 39.9.